The first kappa shape index (κ1) is 21.0. The lowest BCUT2D eigenvalue weighted by atomic mass is 9.78. The highest BCUT2D eigenvalue weighted by Gasteiger charge is 2.50. The molecule has 1 spiro atoms. The maximum absolute atomic E-state index is 13.5. The second-order valence-corrected chi connectivity index (χ2v) is 9.13. The van der Waals surface area contributed by atoms with Crippen molar-refractivity contribution in [1.82, 2.24) is 4.90 Å². The molecule has 1 saturated carbocycles. The molecule has 0 unspecified atom stereocenters. The van der Waals surface area contributed by atoms with Crippen LogP contribution in [0.3, 0.4) is 0 Å². The van der Waals surface area contributed by atoms with Crippen molar-refractivity contribution in [2.45, 2.75) is 64.0 Å². The molecule has 0 bridgehead atoms. The highest BCUT2D eigenvalue weighted by atomic mass is 16.5. The molecule has 1 aromatic carbocycles. The van der Waals surface area contributed by atoms with Gasteiger partial charge < -0.3 is 19.6 Å². The fourth-order valence-corrected chi connectivity index (χ4v) is 5.54. The quantitative estimate of drug-likeness (QED) is 0.792. The van der Waals surface area contributed by atoms with Gasteiger partial charge in [0, 0.05) is 37.1 Å². The number of hydrogen-bond acceptors (Lipinski definition) is 5. The average Bonchev–Trinajstić information content (AvgIpc) is 3.04. The van der Waals surface area contributed by atoms with Gasteiger partial charge in [-0.3, -0.25) is 10.1 Å². The van der Waals surface area contributed by atoms with Gasteiger partial charge in [-0.25, -0.2) is 4.79 Å². The smallest absolute Gasteiger partial charge is 0.411 e. The molecule has 30 heavy (non-hydrogen) atoms. The van der Waals surface area contributed by atoms with Crippen LogP contribution in [0.15, 0.2) is 18.2 Å². The molecule has 164 valence electrons. The zero-order chi connectivity index (χ0) is 21.3. The molecule has 7 nitrogen and oxygen atoms in total. The van der Waals surface area contributed by atoms with Crippen LogP contribution < -0.4 is 10.2 Å². The Morgan fingerprint density at radius 2 is 1.97 bits per heavy atom. The van der Waals surface area contributed by atoms with E-state index in [1.807, 2.05) is 25.1 Å². The van der Waals surface area contributed by atoms with Crippen LogP contribution in [-0.2, 0) is 9.53 Å². The van der Waals surface area contributed by atoms with E-state index >= 15 is 0 Å². The molecule has 4 rings (SSSR count). The van der Waals surface area contributed by atoms with Gasteiger partial charge in [-0.1, -0.05) is 0 Å². The van der Waals surface area contributed by atoms with Gasteiger partial charge in [0.1, 0.15) is 0 Å². The van der Waals surface area contributed by atoms with E-state index in [4.69, 9.17) is 0 Å². The van der Waals surface area contributed by atoms with Gasteiger partial charge in [0.05, 0.1) is 18.6 Å². The first-order valence-electron chi connectivity index (χ1n) is 11.1. The molecule has 0 aromatic heterocycles. The lowest BCUT2D eigenvalue weighted by Crippen LogP contribution is -2.50. The summed E-state index contributed by atoms with van der Waals surface area (Å²) in [6.45, 7) is 4.57. The summed E-state index contributed by atoms with van der Waals surface area (Å²) in [7, 11) is 1.35. The monoisotopic (exact) mass is 415 g/mol. The number of anilines is 2. The Labute approximate surface area is 178 Å². The summed E-state index contributed by atoms with van der Waals surface area (Å²) in [6, 6.07) is 6.15. The number of aliphatic hydroxyl groups excluding tert-OH is 1. The fraction of sp³-hybridized carbons (Fsp3) is 0.652. The van der Waals surface area contributed by atoms with Crippen LogP contribution in [0.4, 0.5) is 16.2 Å². The molecule has 3 fully saturated rings. The summed E-state index contributed by atoms with van der Waals surface area (Å²) < 4.78 is 4.67. The third-order valence-corrected chi connectivity index (χ3v) is 7.20. The van der Waals surface area contributed by atoms with Gasteiger partial charge in [-0.2, -0.15) is 0 Å². The molecule has 7 heteroatoms. The number of benzene rings is 1. The lowest BCUT2D eigenvalue weighted by Gasteiger charge is -2.42. The van der Waals surface area contributed by atoms with Gasteiger partial charge in [0.25, 0.3) is 0 Å². The maximum atomic E-state index is 13.5. The molecular formula is C23H33N3O4. The van der Waals surface area contributed by atoms with Crippen LogP contribution in [0, 0.1) is 12.3 Å². The second kappa shape index (κ2) is 8.46. The predicted molar refractivity (Wildman–Crippen MR) is 116 cm³/mol. The van der Waals surface area contributed by atoms with Crippen LogP contribution in [0.5, 0.6) is 0 Å². The molecule has 1 aliphatic carbocycles. The zero-order valence-electron chi connectivity index (χ0n) is 18.0. The summed E-state index contributed by atoms with van der Waals surface area (Å²) in [5.41, 5.74) is 2.61. The topological polar surface area (TPSA) is 82.1 Å². The number of piperidine rings is 1. The molecule has 2 saturated heterocycles. The normalized spacial score (nSPS) is 29.4. The zero-order valence-corrected chi connectivity index (χ0v) is 18.0. The largest absolute Gasteiger partial charge is 0.453 e. The van der Waals surface area contributed by atoms with E-state index < -0.39 is 6.09 Å². The van der Waals surface area contributed by atoms with E-state index in [9.17, 15) is 14.7 Å². The van der Waals surface area contributed by atoms with E-state index in [0.717, 1.165) is 75.8 Å². The number of aryl methyl sites for hydroxylation is 1. The summed E-state index contributed by atoms with van der Waals surface area (Å²) >= 11 is 0. The fourth-order valence-electron chi connectivity index (χ4n) is 5.54. The number of nitrogens with zero attached hydrogens (tertiary/aromatic N) is 2. The van der Waals surface area contributed by atoms with Crippen molar-refractivity contribution < 1.29 is 19.4 Å². The molecule has 1 aromatic rings. The molecule has 3 aliphatic rings. The third kappa shape index (κ3) is 4.00. The van der Waals surface area contributed by atoms with E-state index in [1.165, 1.54) is 7.11 Å². The number of carbonyl (C=O) groups excluding carboxylic acids is 2. The minimum atomic E-state index is -0.481. The number of amides is 2. The van der Waals surface area contributed by atoms with Crippen LogP contribution in [0.1, 0.15) is 50.5 Å². The Hall–Kier alpha value is -2.28. The first-order chi connectivity index (χ1) is 14.4. The molecule has 1 atom stereocenters. The number of ether oxygens (including phenoxy) is 1. The van der Waals surface area contributed by atoms with Crippen molar-refractivity contribution in [2.24, 2.45) is 5.41 Å². The summed E-state index contributed by atoms with van der Waals surface area (Å²) in [5, 5.41) is 12.5. The van der Waals surface area contributed by atoms with E-state index in [1.54, 1.807) is 0 Å². The van der Waals surface area contributed by atoms with Crippen LogP contribution >= 0.6 is 0 Å². The molecule has 0 radical (unpaired) electrons. The van der Waals surface area contributed by atoms with Crippen molar-refractivity contribution >= 4 is 23.4 Å². The van der Waals surface area contributed by atoms with Gasteiger partial charge in [-0.05, 0) is 75.6 Å². The van der Waals surface area contributed by atoms with Crippen molar-refractivity contribution in [2.75, 3.05) is 37.0 Å². The van der Waals surface area contributed by atoms with Crippen molar-refractivity contribution in [1.29, 1.82) is 0 Å². The number of aliphatic hydroxyl groups is 1. The summed E-state index contributed by atoms with van der Waals surface area (Å²) in [6.07, 6.45) is 5.64. The second-order valence-electron chi connectivity index (χ2n) is 9.13. The van der Waals surface area contributed by atoms with E-state index in [2.05, 4.69) is 19.9 Å². The van der Waals surface area contributed by atoms with Crippen LogP contribution in [-0.4, -0.2) is 60.9 Å². The van der Waals surface area contributed by atoms with Crippen LogP contribution in [0.2, 0.25) is 0 Å². The Balaban J connectivity index is 1.47. The SMILES string of the molecule is COC(=O)Nc1ccc(N2CCC[C@@]3(CCN(C4CCC(O)CC4)C3=O)C2)c(C)c1. The average molecular weight is 416 g/mol. The predicted octanol–water partition coefficient (Wildman–Crippen LogP) is 3.30. The third-order valence-electron chi connectivity index (χ3n) is 7.20. The number of methoxy groups -OCH3 is 1. The van der Waals surface area contributed by atoms with Gasteiger partial charge in [0.15, 0.2) is 0 Å². The van der Waals surface area contributed by atoms with Crippen molar-refractivity contribution in [3.05, 3.63) is 23.8 Å². The highest BCUT2D eigenvalue weighted by molar-refractivity contribution is 5.87. The van der Waals surface area contributed by atoms with Gasteiger partial charge >= 0.3 is 6.09 Å². The molecule has 2 amide bonds. The van der Waals surface area contributed by atoms with Crippen molar-refractivity contribution in [3.63, 3.8) is 0 Å². The first-order valence-corrected chi connectivity index (χ1v) is 11.1. The van der Waals surface area contributed by atoms with E-state index in [0.29, 0.717) is 17.6 Å². The number of hydrogen-bond donors (Lipinski definition) is 2. The number of rotatable bonds is 3. The molecule has 2 aliphatic heterocycles. The summed E-state index contributed by atoms with van der Waals surface area (Å²) in [4.78, 5) is 29.4. The lowest BCUT2D eigenvalue weighted by molar-refractivity contribution is -0.139. The Kier molecular flexibility index (Phi) is 5.91. The summed E-state index contributed by atoms with van der Waals surface area (Å²) in [5.74, 6) is 0.315. The minimum absolute atomic E-state index is 0.197. The van der Waals surface area contributed by atoms with Crippen molar-refractivity contribution in [3.8, 4) is 0 Å². The van der Waals surface area contributed by atoms with E-state index in [-0.39, 0.29) is 11.5 Å². The number of nitrogens with one attached hydrogen (secondary N) is 1. The Morgan fingerprint density at radius 1 is 1.20 bits per heavy atom. The van der Waals surface area contributed by atoms with Crippen LogP contribution in [0.25, 0.3) is 0 Å². The molecular weight excluding hydrogens is 382 g/mol. The highest BCUT2D eigenvalue weighted by Crippen LogP contribution is 2.44. The number of carbonyl (C=O) groups is 2. The Bertz CT molecular complexity index is 806. The molecule has 2 N–H and O–H groups in total. The Morgan fingerprint density at radius 3 is 2.67 bits per heavy atom. The number of likely N-dealkylation sites (tertiary alicyclic amines) is 1. The minimum Gasteiger partial charge on any atom is -0.453 e. The van der Waals surface area contributed by atoms with Gasteiger partial charge in [0.2, 0.25) is 5.91 Å². The maximum Gasteiger partial charge on any atom is 0.411 e. The van der Waals surface area contributed by atoms with Gasteiger partial charge in [-0.15, -0.1) is 0 Å². The standard InChI is InChI=1S/C23H33N3O4/c1-16-14-17(24-22(29)30-2)4-9-20(16)25-12-3-10-23(15-25)11-13-26(21(23)28)18-5-7-19(27)8-6-18/h4,9,14,18-19,27H,3,5-8,10-13,15H2,1-2H3,(H,24,29)/t18?,19?,23-/m1/s1. The molecule has 2 heterocycles.